The second kappa shape index (κ2) is 12.6. The summed E-state index contributed by atoms with van der Waals surface area (Å²) in [5.41, 5.74) is 8.74. The highest BCUT2D eigenvalue weighted by atomic mass is 35.5. The van der Waals surface area contributed by atoms with Crippen LogP contribution in [0.3, 0.4) is 0 Å². The number of halogens is 1. The molecule has 2 heterocycles. The number of sulfonamides is 1. The van der Waals surface area contributed by atoms with Gasteiger partial charge in [0, 0.05) is 48.1 Å². The van der Waals surface area contributed by atoms with Gasteiger partial charge in [-0.15, -0.1) is 12.4 Å². The third-order valence-electron chi connectivity index (χ3n) is 9.17. The van der Waals surface area contributed by atoms with Crippen molar-refractivity contribution in [3.63, 3.8) is 0 Å². The van der Waals surface area contributed by atoms with Crippen molar-refractivity contribution in [2.45, 2.75) is 67.5 Å². The normalized spacial score (nSPS) is 18.3. The molecule has 1 saturated heterocycles. The molecule has 3 aromatic carbocycles. The number of aromatic amines is 1. The first kappa shape index (κ1) is 32.7. The monoisotopic (exact) mass is 649 g/mol. The number of likely N-dealkylation sites (tertiary alicyclic amines) is 1. The van der Waals surface area contributed by atoms with Gasteiger partial charge in [-0.2, -0.15) is 0 Å². The topological polar surface area (TPSA) is 137 Å². The molecule has 1 aromatic heterocycles. The molecule has 45 heavy (non-hydrogen) atoms. The number of carbonyl (C=O) groups is 2. The molecule has 2 amide bonds. The maximum Gasteiger partial charge on any atom is 0.245 e. The zero-order chi connectivity index (χ0) is 31.1. The Morgan fingerprint density at radius 1 is 1.00 bits per heavy atom. The number of rotatable bonds is 8. The van der Waals surface area contributed by atoms with Gasteiger partial charge in [0.25, 0.3) is 0 Å². The van der Waals surface area contributed by atoms with Crippen LogP contribution in [0, 0.1) is 0 Å². The summed E-state index contributed by atoms with van der Waals surface area (Å²) in [6.07, 6.45) is 4.22. The van der Waals surface area contributed by atoms with Crippen molar-refractivity contribution >= 4 is 45.1 Å². The molecule has 0 saturated carbocycles. The summed E-state index contributed by atoms with van der Waals surface area (Å²) in [6.45, 7) is 4.25. The summed E-state index contributed by atoms with van der Waals surface area (Å²) in [6, 6.07) is 23.2. The van der Waals surface area contributed by atoms with E-state index < -0.39 is 21.6 Å². The molecule has 1 spiro atoms. The molecule has 0 radical (unpaired) electrons. The van der Waals surface area contributed by atoms with Gasteiger partial charge in [0.15, 0.2) is 0 Å². The van der Waals surface area contributed by atoms with Crippen LogP contribution in [-0.2, 0) is 31.4 Å². The molecule has 11 heteroatoms. The van der Waals surface area contributed by atoms with Crippen LogP contribution in [-0.4, -0.2) is 54.8 Å². The minimum absolute atomic E-state index is 0. The Labute approximate surface area is 270 Å². The van der Waals surface area contributed by atoms with Crippen molar-refractivity contribution in [2.24, 2.45) is 5.73 Å². The molecule has 4 aromatic rings. The zero-order valence-corrected chi connectivity index (χ0v) is 27.1. The minimum Gasteiger partial charge on any atom is -0.361 e. The Balaban J connectivity index is 0.00000400. The second-order valence-corrected chi connectivity index (χ2v) is 14.4. The number of para-hydroxylation sites is 1. The van der Waals surface area contributed by atoms with E-state index >= 15 is 0 Å². The van der Waals surface area contributed by atoms with Crippen molar-refractivity contribution in [2.75, 3.05) is 13.1 Å². The van der Waals surface area contributed by atoms with Crippen molar-refractivity contribution in [3.05, 3.63) is 102 Å². The van der Waals surface area contributed by atoms with E-state index in [9.17, 15) is 18.0 Å². The summed E-state index contributed by atoms with van der Waals surface area (Å²) >= 11 is 0. The lowest BCUT2D eigenvalue weighted by Crippen LogP contribution is -2.58. The van der Waals surface area contributed by atoms with Gasteiger partial charge in [-0.3, -0.25) is 9.59 Å². The average molecular weight is 650 g/mol. The van der Waals surface area contributed by atoms with E-state index in [-0.39, 0.29) is 40.6 Å². The fourth-order valence-electron chi connectivity index (χ4n) is 6.77. The number of hydrogen-bond donors (Lipinski definition) is 4. The van der Waals surface area contributed by atoms with Crippen LogP contribution in [0.25, 0.3) is 10.9 Å². The number of carbonyl (C=O) groups excluding carboxylic acids is 2. The van der Waals surface area contributed by atoms with E-state index in [0.29, 0.717) is 38.8 Å². The molecule has 238 valence electrons. The lowest BCUT2D eigenvalue weighted by atomic mass is 9.73. The standard InChI is InChI=1S/C34H39N5O4S.ClH/c1-33(2,35)32(41)37-29(20-23-22-36-28-15-9-7-12-25(23)28)31(40)39-18-16-34(17-19-39)21-30(26-13-6-8-14-27(26)34)38-44(42,43)24-10-4-3-5-11-24;/h3-15,22,29-30,36,38H,16-21,35H2,1-2H3,(H,37,41);1H/t29-,30?;/m1./s1. The number of nitrogens with one attached hydrogen (secondary N) is 3. The van der Waals surface area contributed by atoms with Gasteiger partial charge in [0.2, 0.25) is 21.8 Å². The zero-order valence-electron chi connectivity index (χ0n) is 25.5. The first-order valence-corrected chi connectivity index (χ1v) is 16.6. The first-order chi connectivity index (χ1) is 21.0. The third kappa shape index (κ3) is 6.51. The maximum atomic E-state index is 14.0. The lowest BCUT2D eigenvalue weighted by Gasteiger charge is -2.41. The molecule has 2 aliphatic rings. The number of benzene rings is 3. The largest absolute Gasteiger partial charge is 0.361 e. The molecular weight excluding hydrogens is 610 g/mol. The molecule has 1 aliphatic carbocycles. The van der Waals surface area contributed by atoms with Crippen LogP contribution in [0.2, 0.25) is 0 Å². The van der Waals surface area contributed by atoms with Gasteiger partial charge in [-0.05, 0) is 68.0 Å². The van der Waals surface area contributed by atoms with E-state index in [2.05, 4.69) is 21.1 Å². The molecular formula is C34H40ClN5O4S. The van der Waals surface area contributed by atoms with Crippen LogP contribution in [0.15, 0.2) is 90.0 Å². The highest BCUT2D eigenvalue weighted by molar-refractivity contribution is 7.89. The van der Waals surface area contributed by atoms with E-state index in [1.165, 1.54) is 0 Å². The van der Waals surface area contributed by atoms with Gasteiger partial charge >= 0.3 is 0 Å². The van der Waals surface area contributed by atoms with Gasteiger partial charge in [0.1, 0.15) is 6.04 Å². The Kier molecular flexibility index (Phi) is 9.15. The highest BCUT2D eigenvalue weighted by Gasteiger charge is 2.47. The van der Waals surface area contributed by atoms with Crippen LogP contribution < -0.4 is 15.8 Å². The van der Waals surface area contributed by atoms with Crippen LogP contribution >= 0.6 is 12.4 Å². The van der Waals surface area contributed by atoms with E-state index in [0.717, 1.165) is 27.6 Å². The van der Waals surface area contributed by atoms with Gasteiger partial charge in [-0.25, -0.2) is 13.1 Å². The minimum atomic E-state index is -3.71. The van der Waals surface area contributed by atoms with Crippen molar-refractivity contribution < 1.29 is 18.0 Å². The molecule has 9 nitrogen and oxygen atoms in total. The number of nitrogens with two attached hydrogens (primary N) is 1. The number of amides is 2. The Hall–Kier alpha value is -3.70. The number of nitrogens with zero attached hydrogens (tertiary/aromatic N) is 1. The molecule has 6 rings (SSSR count). The number of fused-ring (bicyclic) bond motifs is 3. The fourth-order valence-corrected chi connectivity index (χ4v) is 8.00. The maximum absolute atomic E-state index is 14.0. The Morgan fingerprint density at radius 3 is 2.36 bits per heavy atom. The van der Waals surface area contributed by atoms with E-state index in [4.69, 9.17) is 5.73 Å². The third-order valence-corrected chi connectivity index (χ3v) is 10.7. The average Bonchev–Trinajstić information content (AvgIpc) is 3.55. The SMILES string of the molecule is CC(C)(N)C(=O)N[C@H](Cc1c[nH]c2ccccc12)C(=O)N1CCC2(CC1)CC(NS(=O)(=O)c1ccccc1)c1ccccc12.Cl. The van der Waals surface area contributed by atoms with Crippen molar-refractivity contribution in [1.82, 2.24) is 19.9 Å². The summed E-state index contributed by atoms with van der Waals surface area (Å²) < 4.78 is 29.4. The molecule has 5 N–H and O–H groups in total. The van der Waals surface area contributed by atoms with Crippen LogP contribution in [0.5, 0.6) is 0 Å². The van der Waals surface area contributed by atoms with Gasteiger partial charge in [-0.1, -0.05) is 60.7 Å². The predicted molar refractivity (Wildman–Crippen MR) is 178 cm³/mol. The number of piperidine rings is 1. The Morgan fingerprint density at radius 2 is 1.64 bits per heavy atom. The Bertz CT molecular complexity index is 1790. The predicted octanol–water partition coefficient (Wildman–Crippen LogP) is 4.34. The lowest BCUT2D eigenvalue weighted by molar-refractivity contribution is -0.138. The van der Waals surface area contributed by atoms with Crippen molar-refractivity contribution in [3.8, 4) is 0 Å². The molecule has 1 fully saturated rings. The highest BCUT2D eigenvalue weighted by Crippen LogP contribution is 2.51. The van der Waals surface area contributed by atoms with E-state index in [1.807, 2.05) is 53.6 Å². The van der Waals surface area contributed by atoms with Gasteiger partial charge < -0.3 is 20.9 Å². The summed E-state index contributed by atoms with van der Waals surface area (Å²) in [5, 5.41) is 3.95. The summed E-state index contributed by atoms with van der Waals surface area (Å²) in [7, 11) is -3.71. The summed E-state index contributed by atoms with van der Waals surface area (Å²) in [4.78, 5) is 32.4. The molecule has 1 aliphatic heterocycles. The molecule has 2 atom stereocenters. The quantitative estimate of drug-likeness (QED) is 0.225. The smallest absolute Gasteiger partial charge is 0.245 e. The summed E-state index contributed by atoms with van der Waals surface area (Å²) in [5.74, 6) is -0.530. The van der Waals surface area contributed by atoms with Crippen LogP contribution in [0.1, 0.15) is 55.8 Å². The molecule has 0 bridgehead atoms. The fraction of sp³-hybridized carbons (Fsp3) is 0.353. The van der Waals surface area contributed by atoms with Crippen molar-refractivity contribution in [1.29, 1.82) is 0 Å². The first-order valence-electron chi connectivity index (χ1n) is 15.1. The number of aromatic nitrogens is 1. The van der Waals surface area contributed by atoms with Crippen LogP contribution in [0.4, 0.5) is 0 Å². The molecule has 1 unspecified atom stereocenters. The second-order valence-electron chi connectivity index (χ2n) is 12.7. The van der Waals surface area contributed by atoms with Gasteiger partial charge in [0.05, 0.1) is 10.4 Å². The number of hydrogen-bond acceptors (Lipinski definition) is 5. The number of H-pyrrole nitrogens is 1. The van der Waals surface area contributed by atoms with E-state index in [1.54, 1.807) is 44.2 Å².